The summed E-state index contributed by atoms with van der Waals surface area (Å²) in [5.74, 6) is -0.382. The Kier molecular flexibility index (Phi) is 3.38. The predicted molar refractivity (Wildman–Crippen MR) is 97.4 cm³/mol. The average Bonchev–Trinajstić information content (AvgIpc) is 2.78. The number of fused-ring (bicyclic) bond motifs is 3. The molecule has 4 rings (SSSR count). The summed E-state index contributed by atoms with van der Waals surface area (Å²) >= 11 is 3.38. The first-order valence-corrected chi connectivity index (χ1v) is 8.96. The molecular formula is C19H16BrN3O3. The van der Waals surface area contributed by atoms with Gasteiger partial charge >= 0.3 is 0 Å². The van der Waals surface area contributed by atoms with E-state index in [2.05, 4.69) is 21.2 Å². The van der Waals surface area contributed by atoms with Crippen molar-refractivity contribution in [1.82, 2.24) is 0 Å². The number of amides is 1. The molecule has 7 heteroatoms. The summed E-state index contributed by atoms with van der Waals surface area (Å²) in [6.45, 7) is 3.93. The molecule has 6 nitrogen and oxygen atoms in total. The van der Waals surface area contributed by atoms with E-state index < -0.39 is 11.3 Å². The number of benzene rings is 1. The lowest BCUT2D eigenvalue weighted by atomic mass is 9.62. The summed E-state index contributed by atoms with van der Waals surface area (Å²) in [4.78, 5) is 26.3. The molecule has 0 unspecified atom stereocenters. The molecule has 0 fully saturated rings. The van der Waals surface area contributed by atoms with E-state index in [1.165, 1.54) is 0 Å². The van der Waals surface area contributed by atoms with E-state index in [9.17, 15) is 14.9 Å². The molecule has 3 aliphatic rings. The van der Waals surface area contributed by atoms with E-state index in [4.69, 9.17) is 10.5 Å². The quantitative estimate of drug-likeness (QED) is 0.679. The minimum absolute atomic E-state index is 0.0390. The molecule has 0 saturated carbocycles. The van der Waals surface area contributed by atoms with E-state index in [0.29, 0.717) is 23.4 Å². The molecule has 132 valence electrons. The number of carbonyl (C=O) groups is 2. The molecule has 1 amide bonds. The highest BCUT2D eigenvalue weighted by atomic mass is 79.9. The Morgan fingerprint density at radius 3 is 2.73 bits per heavy atom. The van der Waals surface area contributed by atoms with Crippen LogP contribution >= 0.6 is 15.9 Å². The Morgan fingerprint density at radius 2 is 2.04 bits per heavy atom. The third-order valence-electron chi connectivity index (χ3n) is 5.15. The number of nitriles is 1. The number of nitrogens with two attached hydrogens (primary N) is 1. The van der Waals surface area contributed by atoms with Gasteiger partial charge in [0.05, 0.1) is 5.57 Å². The zero-order valence-electron chi connectivity index (χ0n) is 14.3. The summed E-state index contributed by atoms with van der Waals surface area (Å²) in [7, 11) is 0. The monoisotopic (exact) mass is 413 g/mol. The van der Waals surface area contributed by atoms with E-state index in [-0.39, 0.29) is 34.6 Å². The Bertz CT molecular complexity index is 1000. The highest BCUT2D eigenvalue weighted by molar-refractivity contribution is 9.10. The van der Waals surface area contributed by atoms with Crippen LogP contribution in [0.5, 0.6) is 0 Å². The Balaban J connectivity index is 2.09. The second-order valence-corrected chi connectivity index (χ2v) is 8.50. The second kappa shape index (κ2) is 5.21. The van der Waals surface area contributed by atoms with Crippen LogP contribution in [0.25, 0.3) is 0 Å². The fourth-order valence-corrected chi connectivity index (χ4v) is 4.54. The van der Waals surface area contributed by atoms with E-state index in [1.807, 2.05) is 19.9 Å². The van der Waals surface area contributed by atoms with Crippen LogP contribution in [0.15, 0.2) is 45.5 Å². The number of ether oxygens (including phenoxy) is 1. The molecule has 2 aliphatic heterocycles. The van der Waals surface area contributed by atoms with Crippen molar-refractivity contribution < 1.29 is 14.3 Å². The van der Waals surface area contributed by atoms with Gasteiger partial charge in [-0.2, -0.15) is 5.26 Å². The van der Waals surface area contributed by atoms with Gasteiger partial charge in [-0.1, -0.05) is 35.8 Å². The van der Waals surface area contributed by atoms with Gasteiger partial charge in [0.15, 0.2) is 5.78 Å². The molecule has 1 aliphatic carbocycles. The van der Waals surface area contributed by atoms with Gasteiger partial charge in [-0.3, -0.25) is 9.59 Å². The van der Waals surface area contributed by atoms with Gasteiger partial charge in [-0.05, 0) is 17.5 Å². The van der Waals surface area contributed by atoms with Crippen LogP contribution in [0, 0.1) is 16.7 Å². The fourth-order valence-electron chi connectivity index (χ4n) is 4.18. The SMILES string of the molecule is CC1(C)CC(=O)C2=C(C1)OC(N)=C(C#N)[C@]21C(=O)Nc2cc(Br)ccc21. The topological polar surface area (TPSA) is 105 Å². The van der Waals surface area contributed by atoms with Gasteiger partial charge in [0.2, 0.25) is 11.8 Å². The summed E-state index contributed by atoms with van der Waals surface area (Å²) in [5, 5.41) is 12.6. The normalized spacial score (nSPS) is 26.2. The minimum atomic E-state index is -1.55. The number of nitrogens with one attached hydrogen (secondary N) is 1. The van der Waals surface area contributed by atoms with Gasteiger partial charge < -0.3 is 15.8 Å². The Morgan fingerprint density at radius 1 is 1.31 bits per heavy atom. The Hall–Kier alpha value is -2.59. The van der Waals surface area contributed by atoms with Crippen LogP contribution in [0.1, 0.15) is 32.3 Å². The van der Waals surface area contributed by atoms with Crippen molar-refractivity contribution in [2.75, 3.05) is 5.32 Å². The van der Waals surface area contributed by atoms with Crippen LogP contribution in [0.2, 0.25) is 0 Å². The molecular weight excluding hydrogens is 398 g/mol. The maximum absolute atomic E-state index is 13.2. The first-order chi connectivity index (χ1) is 12.2. The smallest absolute Gasteiger partial charge is 0.245 e. The fraction of sp³-hybridized carbons (Fsp3) is 0.316. The van der Waals surface area contributed by atoms with Crippen molar-refractivity contribution in [3.8, 4) is 6.07 Å². The number of hydrogen-bond donors (Lipinski definition) is 2. The maximum Gasteiger partial charge on any atom is 0.245 e. The van der Waals surface area contributed by atoms with Gasteiger partial charge in [0.25, 0.3) is 0 Å². The number of nitrogens with zero attached hydrogens (tertiary/aromatic N) is 1. The molecule has 1 aromatic rings. The molecule has 0 aromatic heterocycles. The molecule has 1 aromatic carbocycles. The van der Waals surface area contributed by atoms with Crippen molar-refractivity contribution in [3.63, 3.8) is 0 Å². The number of hydrogen-bond acceptors (Lipinski definition) is 5. The molecule has 2 heterocycles. The lowest BCUT2D eigenvalue weighted by Crippen LogP contribution is -2.48. The van der Waals surface area contributed by atoms with Crippen molar-refractivity contribution >= 4 is 33.3 Å². The average molecular weight is 414 g/mol. The van der Waals surface area contributed by atoms with Crippen LogP contribution in [0.4, 0.5) is 5.69 Å². The molecule has 0 bridgehead atoms. The van der Waals surface area contributed by atoms with E-state index >= 15 is 0 Å². The number of anilines is 1. The van der Waals surface area contributed by atoms with Gasteiger partial charge in [-0.25, -0.2) is 0 Å². The van der Waals surface area contributed by atoms with E-state index in [1.54, 1.807) is 18.2 Å². The lowest BCUT2D eigenvalue weighted by Gasteiger charge is -2.41. The largest absolute Gasteiger partial charge is 0.444 e. The number of carbonyl (C=O) groups excluding carboxylic acids is 2. The molecule has 0 radical (unpaired) electrons. The second-order valence-electron chi connectivity index (χ2n) is 7.59. The maximum atomic E-state index is 13.2. The van der Waals surface area contributed by atoms with Gasteiger partial charge in [0.1, 0.15) is 22.8 Å². The minimum Gasteiger partial charge on any atom is -0.444 e. The van der Waals surface area contributed by atoms with Crippen LogP contribution in [0.3, 0.4) is 0 Å². The number of halogens is 1. The third-order valence-corrected chi connectivity index (χ3v) is 5.64. The summed E-state index contributed by atoms with van der Waals surface area (Å²) in [5.41, 5.74) is 5.48. The lowest BCUT2D eigenvalue weighted by molar-refractivity contribution is -0.124. The summed E-state index contributed by atoms with van der Waals surface area (Å²) < 4.78 is 6.46. The number of allylic oxidation sites excluding steroid dienone is 1. The Labute approximate surface area is 158 Å². The molecule has 1 spiro atoms. The molecule has 1 atom stereocenters. The zero-order chi connectivity index (χ0) is 18.9. The molecule has 3 N–H and O–H groups in total. The number of ketones is 1. The van der Waals surface area contributed by atoms with Crippen LogP contribution < -0.4 is 11.1 Å². The van der Waals surface area contributed by atoms with Crippen molar-refractivity contribution in [1.29, 1.82) is 5.26 Å². The summed E-state index contributed by atoms with van der Waals surface area (Å²) in [6.07, 6.45) is 0.739. The number of rotatable bonds is 0. The van der Waals surface area contributed by atoms with E-state index in [0.717, 1.165) is 4.47 Å². The van der Waals surface area contributed by atoms with Crippen molar-refractivity contribution in [2.24, 2.45) is 11.1 Å². The highest BCUT2D eigenvalue weighted by Gasteiger charge is 2.60. The standard InChI is InChI=1S/C19H16BrN3O3/c1-18(2)6-13(24)15-14(7-18)26-16(22)11(8-21)19(15)10-4-3-9(20)5-12(10)23-17(19)25/h3-5H,6-7,22H2,1-2H3,(H,23,25)/t19-/m0/s1. The predicted octanol–water partition coefficient (Wildman–Crippen LogP) is 3.01. The zero-order valence-corrected chi connectivity index (χ0v) is 15.9. The van der Waals surface area contributed by atoms with Crippen molar-refractivity contribution in [2.45, 2.75) is 32.1 Å². The summed E-state index contributed by atoms with van der Waals surface area (Å²) in [6, 6.07) is 7.29. The van der Waals surface area contributed by atoms with Crippen molar-refractivity contribution in [3.05, 3.63) is 51.0 Å². The van der Waals surface area contributed by atoms with Crippen LogP contribution in [-0.4, -0.2) is 11.7 Å². The van der Waals surface area contributed by atoms with Crippen LogP contribution in [-0.2, 0) is 19.7 Å². The molecule has 0 saturated heterocycles. The number of Topliss-reactive ketones (excluding diaryl/α,β-unsaturated/α-hetero) is 1. The first-order valence-electron chi connectivity index (χ1n) is 8.17. The third kappa shape index (κ3) is 2.02. The first kappa shape index (κ1) is 16.9. The van der Waals surface area contributed by atoms with Gasteiger partial charge in [-0.15, -0.1) is 0 Å². The molecule has 26 heavy (non-hydrogen) atoms. The van der Waals surface area contributed by atoms with Gasteiger partial charge in [0, 0.05) is 28.6 Å². The highest BCUT2D eigenvalue weighted by Crippen LogP contribution is 2.55.